The van der Waals surface area contributed by atoms with E-state index in [0.29, 0.717) is 17.5 Å². The number of ketones is 1. The highest BCUT2D eigenvalue weighted by atomic mass is 19.1. The molecule has 0 fully saturated rings. The van der Waals surface area contributed by atoms with Crippen LogP contribution in [0, 0.1) is 17.7 Å². The van der Waals surface area contributed by atoms with Crippen LogP contribution in [0.4, 0.5) is 4.39 Å². The molecule has 1 unspecified atom stereocenters. The van der Waals surface area contributed by atoms with E-state index in [1.54, 1.807) is 6.07 Å². The third-order valence-corrected chi connectivity index (χ3v) is 5.32. The van der Waals surface area contributed by atoms with Gasteiger partial charge < -0.3 is 5.11 Å². The molecule has 3 heteroatoms. The zero-order chi connectivity index (χ0) is 20.0. The lowest BCUT2D eigenvalue weighted by Gasteiger charge is -2.26. The van der Waals surface area contributed by atoms with Gasteiger partial charge in [0.2, 0.25) is 0 Å². The number of aliphatic hydroxyl groups is 1. The molecule has 0 aromatic heterocycles. The van der Waals surface area contributed by atoms with Gasteiger partial charge in [0.1, 0.15) is 11.4 Å². The number of carbonyl (C=O) groups excluding carboxylic acids is 1. The molecule has 0 saturated carbocycles. The van der Waals surface area contributed by atoms with Crippen molar-refractivity contribution < 1.29 is 14.3 Å². The second kappa shape index (κ2) is 9.27. The first-order valence-corrected chi connectivity index (χ1v) is 9.82. The molecule has 0 amide bonds. The number of halogens is 1. The zero-order valence-corrected chi connectivity index (χ0v) is 16.8. The Bertz CT molecular complexity index is 747. The van der Waals surface area contributed by atoms with Crippen molar-refractivity contribution in [3.8, 4) is 11.1 Å². The summed E-state index contributed by atoms with van der Waals surface area (Å²) in [5.74, 6) is -0.117. The van der Waals surface area contributed by atoms with E-state index in [-0.39, 0.29) is 29.9 Å². The van der Waals surface area contributed by atoms with E-state index < -0.39 is 5.60 Å². The predicted octanol–water partition coefficient (Wildman–Crippen LogP) is 5.82. The predicted molar refractivity (Wildman–Crippen MR) is 109 cm³/mol. The van der Waals surface area contributed by atoms with Crippen LogP contribution in [-0.2, 0) is 11.2 Å². The summed E-state index contributed by atoms with van der Waals surface area (Å²) in [6.45, 7) is 7.27. The third kappa shape index (κ3) is 5.74. The minimum absolute atomic E-state index is 0.00407. The standard InChI is InChI=1S/C24H31FO2/c1-5-10-17(2)20(16-22(26)24(3,4)27)15-19-13-9-14-21(23(19)25)18-11-7-6-8-12-18/h6-9,11-14,17,20,27H,5,10,15-16H2,1-4H3/t17-,20?/m0/s1. The topological polar surface area (TPSA) is 37.3 Å². The molecule has 27 heavy (non-hydrogen) atoms. The van der Waals surface area contributed by atoms with Crippen molar-refractivity contribution >= 4 is 5.78 Å². The van der Waals surface area contributed by atoms with Crippen LogP contribution in [0.25, 0.3) is 11.1 Å². The molecule has 2 aromatic rings. The Kier molecular flexibility index (Phi) is 7.32. The van der Waals surface area contributed by atoms with Crippen molar-refractivity contribution in [2.75, 3.05) is 0 Å². The number of rotatable bonds is 9. The van der Waals surface area contributed by atoms with E-state index in [1.165, 1.54) is 13.8 Å². The molecule has 146 valence electrons. The average Bonchev–Trinajstić information content (AvgIpc) is 2.62. The van der Waals surface area contributed by atoms with Gasteiger partial charge in [-0.3, -0.25) is 4.79 Å². The molecule has 0 radical (unpaired) electrons. The molecule has 0 bridgehead atoms. The Balaban J connectivity index is 2.30. The van der Waals surface area contributed by atoms with E-state index in [2.05, 4.69) is 13.8 Å². The fourth-order valence-electron chi connectivity index (χ4n) is 3.51. The quantitative estimate of drug-likeness (QED) is 0.604. The van der Waals surface area contributed by atoms with Crippen molar-refractivity contribution in [1.29, 1.82) is 0 Å². The summed E-state index contributed by atoms with van der Waals surface area (Å²) >= 11 is 0. The maximum absolute atomic E-state index is 15.2. The molecule has 0 heterocycles. The molecular formula is C24H31FO2. The average molecular weight is 371 g/mol. The third-order valence-electron chi connectivity index (χ3n) is 5.32. The lowest BCUT2D eigenvalue weighted by Crippen LogP contribution is -2.34. The van der Waals surface area contributed by atoms with Crippen molar-refractivity contribution in [3.05, 3.63) is 59.9 Å². The first-order valence-electron chi connectivity index (χ1n) is 9.82. The first kappa shape index (κ1) is 21.3. The van der Waals surface area contributed by atoms with Crippen LogP contribution in [-0.4, -0.2) is 16.5 Å². The van der Waals surface area contributed by atoms with Crippen molar-refractivity contribution in [2.24, 2.45) is 11.8 Å². The van der Waals surface area contributed by atoms with Gasteiger partial charge in [0, 0.05) is 12.0 Å². The highest BCUT2D eigenvalue weighted by Crippen LogP contribution is 2.31. The van der Waals surface area contributed by atoms with Crippen LogP contribution < -0.4 is 0 Å². The van der Waals surface area contributed by atoms with Crippen molar-refractivity contribution in [3.63, 3.8) is 0 Å². The molecule has 2 nitrogen and oxygen atoms in total. The number of benzene rings is 2. The van der Waals surface area contributed by atoms with Crippen molar-refractivity contribution in [1.82, 2.24) is 0 Å². The number of carbonyl (C=O) groups is 1. The number of hydrogen-bond acceptors (Lipinski definition) is 2. The number of Topliss-reactive ketones (excluding diaryl/α,β-unsaturated/α-hetero) is 1. The largest absolute Gasteiger partial charge is 0.383 e. The zero-order valence-electron chi connectivity index (χ0n) is 16.8. The minimum atomic E-state index is -1.35. The molecule has 2 aromatic carbocycles. The Hall–Kier alpha value is -2.00. The van der Waals surface area contributed by atoms with Crippen LogP contribution in [0.2, 0.25) is 0 Å². The van der Waals surface area contributed by atoms with Gasteiger partial charge in [-0.15, -0.1) is 0 Å². The monoisotopic (exact) mass is 370 g/mol. The summed E-state index contributed by atoms with van der Waals surface area (Å²) in [5.41, 5.74) is 0.716. The summed E-state index contributed by atoms with van der Waals surface area (Å²) < 4.78 is 15.2. The van der Waals surface area contributed by atoms with Gasteiger partial charge in [-0.05, 0) is 43.2 Å². The van der Waals surface area contributed by atoms with Gasteiger partial charge in [-0.1, -0.05) is 75.2 Å². The first-order chi connectivity index (χ1) is 12.7. The lowest BCUT2D eigenvalue weighted by atomic mass is 9.79. The van der Waals surface area contributed by atoms with Crippen molar-refractivity contribution in [2.45, 2.75) is 59.0 Å². The van der Waals surface area contributed by atoms with E-state index in [1.807, 2.05) is 42.5 Å². The highest BCUT2D eigenvalue weighted by Gasteiger charge is 2.29. The molecule has 0 aliphatic heterocycles. The van der Waals surface area contributed by atoms with Gasteiger partial charge in [-0.25, -0.2) is 4.39 Å². The smallest absolute Gasteiger partial charge is 0.164 e. The second-order valence-electron chi connectivity index (χ2n) is 8.06. The second-order valence-corrected chi connectivity index (χ2v) is 8.06. The van der Waals surface area contributed by atoms with Crippen LogP contribution in [0.1, 0.15) is 52.5 Å². The summed E-state index contributed by atoms with van der Waals surface area (Å²) in [6.07, 6.45) is 2.75. The van der Waals surface area contributed by atoms with Crippen LogP contribution >= 0.6 is 0 Å². The molecular weight excluding hydrogens is 339 g/mol. The summed E-state index contributed by atoms with van der Waals surface area (Å²) in [7, 11) is 0. The molecule has 0 saturated heterocycles. The maximum atomic E-state index is 15.2. The molecule has 0 aliphatic carbocycles. The molecule has 2 atom stereocenters. The van der Waals surface area contributed by atoms with E-state index >= 15 is 4.39 Å². The summed E-state index contributed by atoms with van der Waals surface area (Å²) in [5, 5.41) is 10.0. The highest BCUT2D eigenvalue weighted by molar-refractivity contribution is 5.86. The fourth-order valence-corrected chi connectivity index (χ4v) is 3.51. The molecule has 2 rings (SSSR count). The van der Waals surface area contributed by atoms with E-state index in [4.69, 9.17) is 0 Å². The summed E-state index contributed by atoms with van der Waals surface area (Å²) in [4.78, 5) is 12.4. The van der Waals surface area contributed by atoms with Gasteiger partial charge in [0.05, 0.1) is 0 Å². The van der Waals surface area contributed by atoms with E-state index in [9.17, 15) is 9.90 Å². The van der Waals surface area contributed by atoms with Gasteiger partial charge in [-0.2, -0.15) is 0 Å². The molecule has 0 spiro atoms. The Morgan fingerprint density at radius 3 is 2.37 bits per heavy atom. The van der Waals surface area contributed by atoms with Gasteiger partial charge in [0.25, 0.3) is 0 Å². The SMILES string of the molecule is CCC[C@H](C)C(CC(=O)C(C)(C)O)Cc1cccc(-c2ccccc2)c1F. The maximum Gasteiger partial charge on any atom is 0.164 e. The summed E-state index contributed by atoms with van der Waals surface area (Å²) in [6, 6.07) is 15.0. The van der Waals surface area contributed by atoms with Gasteiger partial charge >= 0.3 is 0 Å². The van der Waals surface area contributed by atoms with Crippen LogP contribution in [0.3, 0.4) is 0 Å². The Morgan fingerprint density at radius 1 is 1.11 bits per heavy atom. The van der Waals surface area contributed by atoms with E-state index in [0.717, 1.165) is 18.4 Å². The normalized spacial score (nSPS) is 14.0. The lowest BCUT2D eigenvalue weighted by molar-refractivity contribution is -0.135. The number of hydrogen-bond donors (Lipinski definition) is 1. The Morgan fingerprint density at radius 2 is 1.78 bits per heavy atom. The molecule has 1 N–H and O–H groups in total. The fraction of sp³-hybridized carbons (Fsp3) is 0.458. The minimum Gasteiger partial charge on any atom is -0.383 e. The van der Waals surface area contributed by atoms with Crippen LogP contribution in [0.5, 0.6) is 0 Å². The molecule has 0 aliphatic rings. The Labute approximate surface area is 162 Å². The van der Waals surface area contributed by atoms with Crippen LogP contribution in [0.15, 0.2) is 48.5 Å². The van der Waals surface area contributed by atoms with Gasteiger partial charge in [0.15, 0.2) is 5.78 Å².